The van der Waals surface area contributed by atoms with Gasteiger partial charge in [0, 0.05) is 12.0 Å². The van der Waals surface area contributed by atoms with E-state index in [0.29, 0.717) is 25.3 Å². The molecule has 3 rings (SSSR count). The van der Waals surface area contributed by atoms with E-state index in [2.05, 4.69) is 4.98 Å². The van der Waals surface area contributed by atoms with E-state index in [9.17, 15) is 9.90 Å². The molecule has 0 aliphatic carbocycles. The Bertz CT molecular complexity index is 964. The molecule has 1 N–H and O–H groups in total. The molecule has 1 heterocycles. The molecule has 2 unspecified atom stereocenters. The number of nitrogens with zero attached hydrogens (tertiary/aromatic N) is 1. The fourth-order valence-electron chi connectivity index (χ4n) is 3.91. The second-order valence-electron chi connectivity index (χ2n) is 7.48. The molecule has 0 radical (unpaired) electrons. The van der Waals surface area contributed by atoms with E-state index in [1.54, 1.807) is 6.20 Å². The molecule has 30 heavy (non-hydrogen) atoms. The zero-order chi connectivity index (χ0) is 21.5. The van der Waals surface area contributed by atoms with Crippen molar-refractivity contribution < 1.29 is 19.1 Å². The topological polar surface area (TPSA) is 72.6 Å². The van der Waals surface area contributed by atoms with Gasteiger partial charge in [0.05, 0.1) is 18.7 Å². The first-order valence-electron chi connectivity index (χ1n) is 10.5. The van der Waals surface area contributed by atoms with E-state index < -0.39 is 5.97 Å². The van der Waals surface area contributed by atoms with Crippen molar-refractivity contribution in [2.45, 2.75) is 46.0 Å². The van der Waals surface area contributed by atoms with E-state index >= 15 is 0 Å². The Labute approximate surface area is 177 Å². The van der Waals surface area contributed by atoms with Gasteiger partial charge in [-0.1, -0.05) is 38.1 Å². The summed E-state index contributed by atoms with van der Waals surface area (Å²) in [6, 6.07) is 15.7. The first-order valence-corrected chi connectivity index (χ1v) is 10.5. The lowest BCUT2D eigenvalue weighted by atomic mass is 9.80. The van der Waals surface area contributed by atoms with Crippen LogP contribution in [0.15, 0.2) is 59.1 Å². The van der Waals surface area contributed by atoms with Gasteiger partial charge in [-0.2, -0.15) is 0 Å². The Morgan fingerprint density at radius 1 is 1.13 bits per heavy atom. The van der Waals surface area contributed by atoms with Crippen LogP contribution in [0.25, 0.3) is 11.5 Å². The van der Waals surface area contributed by atoms with Crippen LogP contribution < -0.4 is 4.74 Å². The standard InChI is InChI=1S/C25H29NO4/c1-4-21(22(5-2)25(27)28)23-12-11-19(15-17(23)3)29-14-13-20-16-26-24(30-20)18-9-7-6-8-10-18/h6-12,15-16,21-22H,4-5,13-14H2,1-3H3,(H,27,28). The monoisotopic (exact) mass is 407 g/mol. The number of hydrogen-bond donors (Lipinski definition) is 1. The number of benzene rings is 2. The largest absolute Gasteiger partial charge is 0.493 e. The van der Waals surface area contributed by atoms with Crippen molar-refractivity contribution in [1.82, 2.24) is 4.98 Å². The van der Waals surface area contributed by atoms with Crippen LogP contribution in [-0.4, -0.2) is 22.7 Å². The maximum atomic E-state index is 11.6. The summed E-state index contributed by atoms with van der Waals surface area (Å²) in [7, 11) is 0. The lowest BCUT2D eigenvalue weighted by Gasteiger charge is -2.24. The summed E-state index contributed by atoms with van der Waals surface area (Å²) in [6.07, 6.45) is 3.77. The van der Waals surface area contributed by atoms with Crippen molar-refractivity contribution in [3.8, 4) is 17.2 Å². The SMILES string of the molecule is CCC(C(=O)O)C(CC)c1ccc(OCCc2cnc(-c3ccccc3)o2)cc1C. The van der Waals surface area contributed by atoms with Crippen LogP contribution in [0.3, 0.4) is 0 Å². The predicted molar refractivity (Wildman–Crippen MR) is 117 cm³/mol. The number of ether oxygens (including phenoxy) is 1. The lowest BCUT2D eigenvalue weighted by Crippen LogP contribution is -2.21. The average Bonchev–Trinajstić information content (AvgIpc) is 3.22. The molecule has 0 saturated heterocycles. The minimum atomic E-state index is -0.731. The highest BCUT2D eigenvalue weighted by atomic mass is 16.5. The molecule has 158 valence electrons. The lowest BCUT2D eigenvalue weighted by molar-refractivity contribution is -0.142. The molecule has 0 saturated carbocycles. The van der Waals surface area contributed by atoms with Crippen molar-refractivity contribution in [1.29, 1.82) is 0 Å². The summed E-state index contributed by atoms with van der Waals surface area (Å²) in [5.41, 5.74) is 3.10. The van der Waals surface area contributed by atoms with Gasteiger partial charge in [-0.3, -0.25) is 4.79 Å². The van der Waals surface area contributed by atoms with E-state index in [1.807, 2.05) is 69.3 Å². The molecule has 0 aliphatic heterocycles. The number of carboxylic acids is 1. The molecule has 0 aliphatic rings. The summed E-state index contributed by atoms with van der Waals surface area (Å²) < 4.78 is 11.7. The van der Waals surface area contributed by atoms with Crippen molar-refractivity contribution in [3.63, 3.8) is 0 Å². The Morgan fingerprint density at radius 3 is 2.53 bits per heavy atom. The Hall–Kier alpha value is -3.08. The van der Waals surface area contributed by atoms with Gasteiger partial charge in [0.2, 0.25) is 5.89 Å². The van der Waals surface area contributed by atoms with Crippen LogP contribution in [0, 0.1) is 12.8 Å². The van der Waals surface area contributed by atoms with Crippen molar-refractivity contribution in [2.75, 3.05) is 6.61 Å². The number of rotatable bonds is 10. The van der Waals surface area contributed by atoms with Crippen molar-refractivity contribution in [3.05, 3.63) is 71.6 Å². The summed E-state index contributed by atoms with van der Waals surface area (Å²) >= 11 is 0. The van der Waals surface area contributed by atoms with E-state index in [4.69, 9.17) is 9.15 Å². The molecule has 0 spiro atoms. The number of aryl methyl sites for hydroxylation is 1. The fourth-order valence-corrected chi connectivity index (χ4v) is 3.91. The quantitative estimate of drug-likeness (QED) is 0.455. The highest BCUT2D eigenvalue weighted by molar-refractivity contribution is 5.71. The van der Waals surface area contributed by atoms with Gasteiger partial charge in [0.1, 0.15) is 11.5 Å². The van der Waals surface area contributed by atoms with Gasteiger partial charge >= 0.3 is 5.97 Å². The molecular weight excluding hydrogens is 378 g/mol. The molecule has 3 aromatic rings. The number of aliphatic carboxylic acids is 1. The second kappa shape index (κ2) is 10.1. The first-order chi connectivity index (χ1) is 14.5. The molecule has 0 bridgehead atoms. The third-order valence-electron chi connectivity index (χ3n) is 5.51. The minimum Gasteiger partial charge on any atom is -0.493 e. The normalized spacial score (nSPS) is 13.0. The summed E-state index contributed by atoms with van der Waals surface area (Å²) in [5, 5.41) is 9.54. The molecule has 5 heteroatoms. The van der Waals surface area contributed by atoms with Crippen LogP contribution in [0.2, 0.25) is 0 Å². The Morgan fingerprint density at radius 2 is 1.90 bits per heavy atom. The molecule has 5 nitrogen and oxygen atoms in total. The van der Waals surface area contributed by atoms with E-state index in [-0.39, 0.29) is 11.8 Å². The third kappa shape index (κ3) is 5.09. The van der Waals surface area contributed by atoms with Crippen LogP contribution >= 0.6 is 0 Å². The van der Waals surface area contributed by atoms with Crippen molar-refractivity contribution >= 4 is 5.97 Å². The average molecular weight is 408 g/mol. The number of hydrogen-bond acceptors (Lipinski definition) is 4. The smallest absolute Gasteiger partial charge is 0.307 e. The van der Waals surface area contributed by atoms with Gasteiger partial charge in [-0.25, -0.2) is 4.98 Å². The van der Waals surface area contributed by atoms with Gasteiger partial charge in [-0.05, 0) is 61.1 Å². The molecule has 0 fully saturated rings. The number of aromatic nitrogens is 1. The van der Waals surface area contributed by atoms with Crippen LogP contribution in [0.5, 0.6) is 5.75 Å². The summed E-state index contributed by atoms with van der Waals surface area (Å²) in [5.74, 6) is 1.07. The van der Waals surface area contributed by atoms with Crippen molar-refractivity contribution in [2.24, 2.45) is 5.92 Å². The summed E-state index contributed by atoms with van der Waals surface area (Å²) in [4.78, 5) is 15.9. The highest BCUT2D eigenvalue weighted by Crippen LogP contribution is 2.34. The number of carboxylic acid groups (broad SMARTS) is 1. The molecule has 0 amide bonds. The maximum absolute atomic E-state index is 11.6. The second-order valence-corrected chi connectivity index (χ2v) is 7.48. The number of oxazole rings is 1. The third-order valence-corrected chi connectivity index (χ3v) is 5.51. The maximum Gasteiger partial charge on any atom is 0.307 e. The molecule has 2 atom stereocenters. The minimum absolute atomic E-state index is 0.00662. The zero-order valence-corrected chi connectivity index (χ0v) is 17.8. The van der Waals surface area contributed by atoms with Crippen LogP contribution in [-0.2, 0) is 11.2 Å². The Balaban J connectivity index is 1.61. The van der Waals surface area contributed by atoms with Gasteiger partial charge in [0.25, 0.3) is 0 Å². The fraction of sp³-hybridized carbons (Fsp3) is 0.360. The zero-order valence-electron chi connectivity index (χ0n) is 17.8. The van der Waals surface area contributed by atoms with Crippen LogP contribution in [0.4, 0.5) is 0 Å². The molecular formula is C25H29NO4. The van der Waals surface area contributed by atoms with E-state index in [1.165, 1.54) is 0 Å². The summed E-state index contributed by atoms with van der Waals surface area (Å²) in [6.45, 7) is 6.47. The Kier molecular flexibility index (Phi) is 7.28. The van der Waals surface area contributed by atoms with Gasteiger partial charge in [-0.15, -0.1) is 0 Å². The van der Waals surface area contributed by atoms with Crippen LogP contribution in [0.1, 0.15) is 49.5 Å². The number of carbonyl (C=O) groups is 1. The van der Waals surface area contributed by atoms with E-state index in [0.717, 1.165) is 34.6 Å². The van der Waals surface area contributed by atoms with Gasteiger partial charge < -0.3 is 14.3 Å². The van der Waals surface area contributed by atoms with Gasteiger partial charge in [0.15, 0.2) is 0 Å². The highest BCUT2D eigenvalue weighted by Gasteiger charge is 2.27. The first kappa shape index (κ1) is 21.6. The molecule has 1 aromatic heterocycles. The molecule has 2 aromatic carbocycles. The predicted octanol–water partition coefficient (Wildman–Crippen LogP) is 5.88.